The van der Waals surface area contributed by atoms with Gasteiger partial charge in [0, 0.05) is 16.5 Å². The molecule has 0 fully saturated rings. The van der Waals surface area contributed by atoms with Crippen molar-refractivity contribution in [2.24, 2.45) is 0 Å². The summed E-state index contributed by atoms with van der Waals surface area (Å²) in [6.45, 7) is 12.7. The number of benzene rings is 6. The van der Waals surface area contributed by atoms with Crippen LogP contribution in [-0.4, -0.2) is 9.97 Å². The highest BCUT2D eigenvalue weighted by Gasteiger charge is 2.35. The number of aromatic nitrogens is 2. The molecule has 6 heteroatoms. The monoisotopic (exact) mass is 630 g/mol. The highest BCUT2D eigenvalue weighted by molar-refractivity contribution is 5.91. The molecule has 0 saturated heterocycles. The largest absolute Gasteiger partial charge is 0.436 e. The third-order valence-corrected chi connectivity index (χ3v) is 9.60. The summed E-state index contributed by atoms with van der Waals surface area (Å²) in [6.07, 6.45) is 0. The standard InChI is InChI=1S/C43H26N4O2/c1-43(2)34-11-5-4-10-30(34)31-17-16-25(22-35(31)43)32-23-38(45-3)33(21-29(32)24-44)26-18-27(41-46-36-12-6-8-14-39(36)48-41)20-28(19-26)42-47-37-13-7-9-15-40(37)49-42/h4-23H,1-2H3. The van der Waals surface area contributed by atoms with Crippen molar-refractivity contribution in [2.45, 2.75) is 19.3 Å². The van der Waals surface area contributed by atoms with E-state index in [9.17, 15) is 5.26 Å². The number of rotatable bonds is 4. The Kier molecular flexibility index (Phi) is 6.18. The van der Waals surface area contributed by atoms with E-state index < -0.39 is 0 Å². The SMILES string of the molecule is [C-]#[N+]c1cc(-c2ccc3c(c2)C(C)(C)c2ccccc2-3)c(C#N)cc1-c1cc(-c2nc3ccccc3o2)cc(-c2nc3ccccc3o2)c1. The maximum absolute atomic E-state index is 10.5. The topological polar surface area (TPSA) is 80.2 Å². The summed E-state index contributed by atoms with van der Waals surface area (Å²) in [5.41, 5.74) is 12.8. The molecule has 6 aromatic carbocycles. The van der Waals surface area contributed by atoms with Crippen molar-refractivity contribution >= 4 is 27.9 Å². The van der Waals surface area contributed by atoms with Crippen molar-refractivity contribution in [1.82, 2.24) is 9.97 Å². The van der Waals surface area contributed by atoms with E-state index in [0.29, 0.717) is 50.9 Å². The van der Waals surface area contributed by atoms with Gasteiger partial charge in [0.1, 0.15) is 11.0 Å². The van der Waals surface area contributed by atoms with Crippen molar-refractivity contribution in [3.63, 3.8) is 0 Å². The average Bonchev–Trinajstić information content (AvgIpc) is 3.84. The summed E-state index contributed by atoms with van der Waals surface area (Å²) in [7, 11) is 0. The molecule has 9 rings (SSSR count). The van der Waals surface area contributed by atoms with Crippen molar-refractivity contribution in [3.8, 4) is 62.4 Å². The summed E-state index contributed by atoms with van der Waals surface area (Å²) in [4.78, 5) is 13.5. The summed E-state index contributed by atoms with van der Waals surface area (Å²) in [6, 6.07) is 42.0. The molecule has 0 aliphatic heterocycles. The second-order valence-corrected chi connectivity index (χ2v) is 12.8. The molecule has 0 saturated carbocycles. The summed E-state index contributed by atoms with van der Waals surface area (Å²) in [5, 5.41) is 10.5. The second kappa shape index (κ2) is 10.6. The van der Waals surface area contributed by atoms with Crippen LogP contribution in [0, 0.1) is 17.9 Å². The first-order chi connectivity index (χ1) is 23.9. The minimum atomic E-state index is -0.191. The molecule has 49 heavy (non-hydrogen) atoms. The van der Waals surface area contributed by atoms with Gasteiger partial charge in [0.25, 0.3) is 0 Å². The summed E-state index contributed by atoms with van der Waals surface area (Å²) >= 11 is 0. The first-order valence-electron chi connectivity index (χ1n) is 16.0. The van der Waals surface area contributed by atoms with Crippen LogP contribution in [0.25, 0.3) is 83.3 Å². The number of fused-ring (bicyclic) bond motifs is 5. The number of para-hydroxylation sites is 4. The number of oxazole rings is 2. The minimum Gasteiger partial charge on any atom is -0.436 e. The van der Waals surface area contributed by atoms with E-state index in [4.69, 9.17) is 25.4 Å². The van der Waals surface area contributed by atoms with Crippen LogP contribution >= 0.6 is 0 Å². The third kappa shape index (κ3) is 4.47. The minimum absolute atomic E-state index is 0.191. The molecule has 0 atom stereocenters. The lowest BCUT2D eigenvalue weighted by Crippen LogP contribution is -2.14. The molecule has 0 radical (unpaired) electrons. The normalized spacial score (nSPS) is 12.8. The Morgan fingerprint density at radius 2 is 1.18 bits per heavy atom. The lowest BCUT2D eigenvalue weighted by atomic mass is 9.81. The maximum atomic E-state index is 10.5. The molecule has 8 aromatic rings. The maximum Gasteiger partial charge on any atom is 0.227 e. The van der Waals surface area contributed by atoms with Crippen molar-refractivity contribution in [1.29, 1.82) is 5.26 Å². The third-order valence-electron chi connectivity index (χ3n) is 9.60. The van der Waals surface area contributed by atoms with E-state index >= 15 is 0 Å². The van der Waals surface area contributed by atoms with Gasteiger partial charge in [-0.05, 0) is 105 Å². The average molecular weight is 631 g/mol. The van der Waals surface area contributed by atoms with Crippen LogP contribution in [-0.2, 0) is 5.41 Å². The fraction of sp³-hybridized carbons (Fsp3) is 0.0698. The zero-order chi connectivity index (χ0) is 33.3. The molecule has 0 N–H and O–H groups in total. The van der Waals surface area contributed by atoms with E-state index in [1.807, 2.05) is 78.9 Å². The quantitative estimate of drug-likeness (QED) is 0.181. The molecule has 0 unspecified atom stereocenters. The Labute approximate surface area is 282 Å². The fourth-order valence-electron chi connectivity index (χ4n) is 7.14. The smallest absolute Gasteiger partial charge is 0.227 e. The summed E-state index contributed by atoms with van der Waals surface area (Å²) < 4.78 is 12.3. The molecular weight excluding hydrogens is 604 g/mol. The number of hydrogen-bond donors (Lipinski definition) is 0. The van der Waals surface area contributed by atoms with Crippen molar-refractivity contribution < 1.29 is 8.83 Å². The molecule has 0 amide bonds. The van der Waals surface area contributed by atoms with Crippen LogP contribution in [0.5, 0.6) is 0 Å². The van der Waals surface area contributed by atoms with Gasteiger partial charge in [0.2, 0.25) is 11.8 Å². The van der Waals surface area contributed by atoms with E-state index in [1.165, 1.54) is 22.3 Å². The van der Waals surface area contributed by atoms with Crippen molar-refractivity contribution in [2.75, 3.05) is 0 Å². The molecule has 6 nitrogen and oxygen atoms in total. The van der Waals surface area contributed by atoms with Gasteiger partial charge in [0.05, 0.1) is 18.2 Å². The van der Waals surface area contributed by atoms with Crippen LogP contribution in [0.1, 0.15) is 30.5 Å². The first-order valence-corrected chi connectivity index (χ1v) is 16.0. The lowest BCUT2D eigenvalue weighted by molar-refractivity contribution is 0.617. The molecular formula is C43H26N4O2. The van der Waals surface area contributed by atoms with Crippen LogP contribution in [0.15, 0.2) is 130 Å². The zero-order valence-electron chi connectivity index (χ0n) is 26.7. The van der Waals surface area contributed by atoms with Crippen LogP contribution in [0.3, 0.4) is 0 Å². The number of nitriles is 1. The highest BCUT2D eigenvalue weighted by atomic mass is 16.4. The Morgan fingerprint density at radius 3 is 1.82 bits per heavy atom. The first kappa shape index (κ1) is 28.5. The van der Waals surface area contributed by atoms with Crippen LogP contribution in [0.2, 0.25) is 0 Å². The molecule has 1 aliphatic rings. The Bertz CT molecular complexity index is 2580. The number of nitrogens with zero attached hydrogens (tertiary/aromatic N) is 4. The Balaban J connectivity index is 1.22. The van der Waals surface area contributed by atoms with E-state index in [2.05, 4.69) is 67.2 Å². The molecule has 1 aliphatic carbocycles. The van der Waals surface area contributed by atoms with Gasteiger partial charge in [0.15, 0.2) is 16.9 Å². The molecule has 0 bridgehead atoms. The Hall–Kier alpha value is -6.76. The van der Waals surface area contributed by atoms with Gasteiger partial charge in [-0.15, -0.1) is 0 Å². The molecule has 0 spiro atoms. The number of hydrogen-bond acceptors (Lipinski definition) is 5. The summed E-state index contributed by atoms with van der Waals surface area (Å²) in [5.74, 6) is 0.868. The second-order valence-electron chi connectivity index (χ2n) is 12.8. The van der Waals surface area contributed by atoms with Crippen LogP contribution in [0.4, 0.5) is 5.69 Å². The Morgan fingerprint density at radius 1 is 0.592 bits per heavy atom. The van der Waals surface area contributed by atoms with E-state index in [-0.39, 0.29) is 5.41 Å². The zero-order valence-corrected chi connectivity index (χ0v) is 26.7. The predicted molar refractivity (Wildman–Crippen MR) is 192 cm³/mol. The van der Waals surface area contributed by atoms with E-state index in [0.717, 1.165) is 27.7 Å². The lowest BCUT2D eigenvalue weighted by Gasteiger charge is -2.22. The van der Waals surface area contributed by atoms with Gasteiger partial charge in [-0.1, -0.05) is 74.5 Å². The van der Waals surface area contributed by atoms with Gasteiger partial charge in [-0.3, -0.25) is 0 Å². The fourth-order valence-corrected chi connectivity index (χ4v) is 7.14. The molecule has 2 heterocycles. The molecule has 230 valence electrons. The van der Waals surface area contributed by atoms with Gasteiger partial charge in [-0.2, -0.15) is 5.26 Å². The van der Waals surface area contributed by atoms with E-state index in [1.54, 1.807) is 0 Å². The molecule has 2 aromatic heterocycles. The highest BCUT2D eigenvalue weighted by Crippen LogP contribution is 2.50. The van der Waals surface area contributed by atoms with Gasteiger partial charge < -0.3 is 8.83 Å². The van der Waals surface area contributed by atoms with Gasteiger partial charge >= 0.3 is 0 Å². The van der Waals surface area contributed by atoms with Crippen molar-refractivity contribution in [3.05, 3.63) is 149 Å². The predicted octanol–water partition coefficient (Wildman–Crippen LogP) is 11.4. The van der Waals surface area contributed by atoms with Crippen LogP contribution < -0.4 is 0 Å². The van der Waals surface area contributed by atoms with Gasteiger partial charge in [-0.25, -0.2) is 14.8 Å².